The topological polar surface area (TPSA) is 27.8 Å². The summed E-state index contributed by atoms with van der Waals surface area (Å²) < 4.78 is 1.19. The van der Waals surface area contributed by atoms with Gasteiger partial charge in [-0.05, 0) is 42.7 Å². The van der Waals surface area contributed by atoms with E-state index >= 15 is 0 Å². The molecule has 1 saturated carbocycles. The predicted octanol–water partition coefficient (Wildman–Crippen LogP) is 6.30. The Morgan fingerprint density at radius 3 is 2.71 bits per heavy atom. The summed E-state index contributed by atoms with van der Waals surface area (Å²) >= 11 is 3.69. The van der Waals surface area contributed by atoms with E-state index in [0.717, 1.165) is 0 Å². The first-order valence-corrected chi connectivity index (χ1v) is 9.70. The van der Waals surface area contributed by atoms with Crippen LogP contribution in [0.4, 0.5) is 5.69 Å². The number of para-hydroxylation sites is 1. The minimum atomic E-state index is 0.225. The maximum absolute atomic E-state index is 3.88. The number of halogens is 1. The third-order valence-electron chi connectivity index (χ3n) is 6.05. The van der Waals surface area contributed by atoms with Crippen molar-refractivity contribution in [3.05, 3.63) is 64.3 Å². The first-order chi connectivity index (χ1) is 11.8. The highest BCUT2D eigenvalue weighted by Crippen LogP contribution is 2.57. The summed E-state index contributed by atoms with van der Waals surface area (Å²) in [6, 6.07) is 15.8. The van der Waals surface area contributed by atoms with E-state index in [9.17, 15) is 0 Å². The summed E-state index contributed by atoms with van der Waals surface area (Å²) in [5, 5.41) is 5.23. The molecule has 0 amide bonds. The van der Waals surface area contributed by atoms with Crippen LogP contribution in [0.1, 0.15) is 49.3 Å². The molecule has 1 aliphatic carbocycles. The Balaban J connectivity index is 1.71. The normalized spacial score (nSPS) is 21.8. The van der Waals surface area contributed by atoms with Gasteiger partial charge in [-0.2, -0.15) is 0 Å². The fourth-order valence-corrected chi connectivity index (χ4v) is 5.31. The van der Waals surface area contributed by atoms with Gasteiger partial charge in [0.2, 0.25) is 0 Å². The molecule has 1 aliphatic heterocycles. The smallest absolute Gasteiger partial charge is 0.0632 e. The van der Waals surface area contributed by atoms with Gasteiger partial charge in [-0.15, -0.1) is 0 Å². The predicted molar refractivity (Wildman–Crippen MR) is 104 cm³/mol. The second-order valence-corrected chi connectivity index (χ2v) is 8.19. The van der Waals surface area contributed by atoms with Crippen molar-refractivity contribution in [2.24, 2.45) is 0 Å². The number of aromatic amines is 1. The molecule has 3 heteroatoms. The molecule has 0 bridgehead atoms. The number of nitrogens with one attached hydrogen (secondary N) is 2. The Bertz CT molecular complexity index is 905. The van der Waals surface area contributed by atoms with Crippen LogP contribution in [0, 0.1) is 0 Å². The highest BCUT2D eigenvalue weighted by molar-refractivity contribution is 9.10. The number of H-pyrrole nitrogens is 1. The second kappa shape index (κ2) is 5.38. The van der Waals surface area contributed by atoms with E-state index in [1.807, 2.05) is 0 Å². The van der Waals surface area contributed by atoms with Crippen molar-refractivity contribution in [2.75, 3.05) is 5.32 Å². The van der Waals surface area contributed by atoms with Gasteiger partial charge in [0.15, 0.2) is 0 Å². The zero-order chi connectivity index (χ0) is 16.1. The summed E-state index contributed by atoms with van der Waals surface area (Å²) in [6.07, 6.45) is 8.78. The highest BCUT2D eigenvalue weighted by Gasteiger charge is 2.48. The van der Waals surface area contributed by atoms with Crippen LogP contribution in [0.25, 0.3) is 10.9 Å². The molecule has 1 unspecified atom stereocenters. The van der Waals surface area contributed by atoms with Gasteiger partial charge in [0.05, 0.1) is 6.04 Å². The quantitative estimate of drug-likeness (QED) is 0.509. The van der Waals surface area contributed by atoms with Crippen molar-refractivity contribution < 1.29 is 0 Å². The Morgan fingerprint density at radius 2 is 1.83 bits per heavy atom. The lowest BCUT2D eigenvalue weighted by atomic mass is 9.65. The molecule has 1 aromatic heterocycles. The molecule has 1 fully saturated rings. The van der Waals surface area contributed by atoms with Gasteiger partial charge in [-0.1, -0.05) is 53.4 Å². The molecular formula is C21H21BrN2. The third-order valence-corrected chi connectivity index (χ3v) is 6.54. The van der Waals surface area contributed by atoms with E-state index in [0.29, 0.717) is 6.04 Å². The lowest BCUT2D eigenvalue weighted by molar-refractivity contribution is 0.271. The lowest BCUT2D eigenvalue weighted by Gasteiger charge is -2.39. The molecule has 2 aromatic carbocycles. The standard InChI is InChI=1S/C21H21BrN2/c22-14-8-9-19-17(12-14)21(10-4-1-5-11-21)20(24-19)16-13-23-18-7-3-2-6-15(16)18/h2-3,6-9,12-13,20,23-24H,1,4-5,10-11H2. The first-order valence-electron chi connectivity index (χ1n) is 8.90. The van der Waals surface area contributed by atoms with Crippen LogP contribution in [-0.4, -0.2) is 4.98 Å². The van der Waals surface area contributed by atoms with Crippen molar-refractivity contribution >= 4 is 32.5 Å². The maximum atomic E-state index is 3.88. The van der Waals surface area contributed by atoms with E-state index in [1.165, 1.54) is 64.3 Å². The van der Waals surface area contributed by atoms with E-state index in [2.05, 4.69) is 74.9 Å². The van der Waals surface area contributed by atoms with E-state index in [-0.39, 0.29) is 5.41 Å². The Morgan fingerprint density at radius 1 is 1.00 bits per heavy atom. The molecule has 3 aromatic rings. The monoisotopic (exact) mass is 380 g/mol. The van der Waals surface area contributed by atoms with E-state index in [1.54, 1.807) is 0 Å². The Hall–Kier alpha value is -1.74. The Labute approximate surface area is 150 Å². The molecular weight excluding hydrogens is 360 g/mol. The van der Waals surface area contributed by atoms with Crippen LogP contribution < -0.4 is 5.32 Å². The van der Waals surface area contributed by atoms with Crippen LogP contribution in [0.5, 0.6) is 0 Å². The number of anilines is 1. The van der Waals surface area contributed by atoms with Gasteiger partial charge in [-0.25, -0.2) is 0 Å². The number of fused-ring (bicyclic) bond motifs is 3. The maximum Gasteiger partial charge on any atom is 0.0632 e. The minimum absolute atomic E-state index is 0.225. The van der Waals surface area contributed by atoms with Gasteiger partial charge >= 0.3 is 0 Å². The van der Waals surface area contributed by atoms with E-state index in [4.69, 9.17) is 0 Å². The molecule has 0 saturated heterocycles. The molecule has 122 valence electrons. The molecule has 0 radical (unpaired) electrons. The van der Waals surface area contributed by atoms with Gasteiger partial charge in [0.1, 0.15) is 0 Å². The summed E-state index contributed by atoms with van der Waals surface area (Å²) in [7, 11) is 0. The molecule has 24 heavy (non-hydrogen) atoms. The zero-order valence-corrected chi connectivity index (χ0v) is 15.2. The average molecular weight is 381 g/mol. The summed E-state index contributed by atoms with van der Waals surface area (Å²) in [5.41, 5.74) is 5.70. The number of rotatable bonds is 1. The summed E-state index contributed by atoms with van der Waals surface area (Å²) in [5.74, 6) is 0. The van der Waals surface area contributed by atoms with Crippen LogP contribution in [-0.2, 0) is 5.41 Å². The molecule has 1 atom stereocenters. The average Bonchev–Trinajstić information content (AvgIpc) is 3.16. The third kappa shape index (κ3) is 2.00. The van der Waals surface area contributed by atoms with E-state index < -0.39 is 0 Å². The highest BCUT2D eigenvalue weighted by atomic mass is 79.9. The second-order valence-electron chi connectivity index (χ2n) is 7.27. The first kappa shape index (κ1) is 14.6. The van der Waals surface area contributed by atoms with Crippen molar-refractivity contribution in [2.45, 2.75) is 43.6 Å². The van der Waals surface area contributed by atoms with Crippen LogP contribution in [0.2, 0.25) is 0 Å². The molecule has 2 aliphatic rings. The number of benzene rings is 2. The zero-order valence-electron chi connectivity index (χ0n) is 13.6. The number of hydrogen-bond donors (Lipinski definition) is 2. The van der Waals surface area contributed by atoms with Gasteiger partial charge < -0.3 is 10.3 Å². The largest absolute Gasteiger partial charge is 0.377 e. The van der Waals surface area contributed by atoms with Crippen molar-refractivity contribution in [3.63, 3.8) is 0 Å². The van der Waals surface area contributed by atoms with Gasteiger partial charge in [-0.3, -0.25) is 0 Å². The number of hydrogen-bond acceptors (Lipinski definition) is 1. The SMILES string of the molecule is Brc1ccc2c(c1)C1(CCCCC1)C(c1c[nH]c3ccccc13)N2. The summed E-state index contributed by atoms with van der Waals surface area (Å²) in [4.78, 5) is 3.48. The van der Waals surface area contributed by atoms with Crippen LogP contribution >= 0.6 is 15.9 Å². The molecule has 2 N–H and O–H groups in total. The van der Waals surface area contributed by atoms with Crippen molar-refractivity contribution in [1.82, 2.24) is 4.98 Å². The van der Waals surface area contributed by atoms with Gasteiger partial charge in [0, 0.05) is 38.2 Å². The van der Waals surface area contributed by atoms with Crippen molar-refractivity contribution in [3.8, 4) is 0 Å². The molecule has 2 nitrogen and oxygen atoms in total. The Kier molecular flexibility index (Phi) is 3.27. The minimum Gasteiger partial charge on any atom is -0.377 e. The van der Waals surface area contributed by atoms with Crippen LogP contribution in [0.15, 0.2) is 53.1 Å². The molecule has 1 spiro atoms. The lowest BCUT2D eigenvalue weighted by Crippen LogP contribution is -2.34. The summed E-state index contributed by atoms with van der Waals surface area (Å²) in [6.45, 7) is 0. The van der Waals surface area contributed by atoms with Crippen molar-refractivity contribution in [1.29, 1.82) is 0 Å². The molecule has 2 heterocycles. The fraction of sp³-hybridized carbons (Fsp3) is 0.333. The molecule has 5 rings (SSSR count). The number of aromatic nitrogens is 1. The fourth-order valence-electron chi connectivity index (χ4n) is 4.95. The van der Waals surface area contributed by atoms with Gasteiger partial charge in [0.25, 0.3) is 0 Å². The van der Waals surface area contributed by atoms with Crippen LogP contribution in [0.3, 0.4) is 0 Å².